The molecule has 0 aromatic carbocycles. The van der Waals surface area contributed by atoms with Crippen LogP contribution in [0.3, 0.4) is 0 Å². The van der Waals surface area contributed by atoms with Gasteiger partial charge in [0.1, 0.15) is 61.6 Å². The molecule has 3 aliphatic carbocycles. The molecule has 6 nitrogen and oxygen atoms in total. The van der Waals surface area contributed by atoms with E-state index in [2.05, 4.69) is 0 Å². The SMILES string of the molecule is CC1C(F)C(Cl)C(F)C(N2C(=O)C3C(F)C(F)C(SC4C(F)C(F)C5C(=O)N(C)C(=O)C5C4F)C(F)C3C2=O)C1F. The zero-order chi connectivity index (χ0) is 30.6. The lowest BCUT2D eigenvalue weighted by Crippen LogP contribution is -2.62. The summed E-state index contributed by atoms with van der Waals surface area (Å²) >= 11 is 5.45. The second-order valence-corrected chi connectivity index (χ2v) is 13.1. The fraction of sp³-hybridized carbons (Fsp3) is 0.833. The third kappa shape index (κ3) is 4.15. The summed E-state index contributed by atoms with van der Waals surface area (Å²) in [6.45, 7) is 0.982. The van der Waals surface area contributed by atoms with Gasteiger partial charge in [-0.15, -0.1) is 23.4 Å². The Labute approximate surface area is 236 Å². The molecule has 0 N–H and O–H groups in total. The molecule has 18 atom stereocenters. The van der Waals surface area contributed by atoms with Crippen LogP contribution >= 0.6 is 23.4 Å². The molecule has 3 saturated carbocycles. The Morgan fingerprint density at radius 2 is 0.951 bits per heavy atom. The van der Waals surface area contributed by atoms with Crippen LogP contribution in [0.4, 0.5) is 39.5 Å². The van der Waals surface area contributed by atoms with Crippen LogP contribution in [0.25, 0.3) is 0 Å². The van der Waals surface area contributed by atoms with Crippen LogP contribution in [0.15, 0.2) is 0 Å². The Bertz CT molecular complexity index is 1130. The standard InChI is InChI=1S/C24H24ClF9N2O4S/c1-3-9(26)8(25)15(32)18(10(3)27)36-23(39)5-7(24(36)40)14(31)20(17(34)12(5)29)41-19-13(30)6-4(11(28)16(19)33)21(37)35(2)22(6)38/h3-20H,1-2H3. The summed E-state index contributed by atoms with van der Waals surface area (Å²) in [4.78, 5) is 51.0. The van der Waals surface area contributed by atoms with Gasteiger partial charge in [-0.05, 0) is 0 Å². The number of nitrogens with zero attached hydrogens (tertiary/aromatic N) is 2. The summed E-state index contributed by atoms with van der Waals surface area (Å²) < 4.78 is 136. The van der Waals surface area contributed by atoms with Gasteiger partial charge in [0.05, 0.1) is 39.5 Å². The minimum Gasteiger partial charge on any atom is -0.285 e. The third-order valence-corrected chi connectivity index (χ3v) is 11.3. The maximum absolute atomic E-state index is 15.8. The van der Waals surface area contributed by atoms with Crippen LogP contribution in [0.5, 0.6) is 0 Å². The van der Waals surface area contributed by atoms with Crippen LogP contribution in [-0.2, 0) is 19.2 Å². The van der Waals surface area contributed by atoms with Crippen molar-refractivity contribution in [3.63, 3.8) is 0 Å². The molecule has 5 fully saturated rings. The second-order valence-electron chi connectivity index (χ2n) is 11.2. The molecule has 5 rings (SSSR count). The van der Waals surface area contributed by atoms with Gasteiger partial charge in [0.25, 0.3) is 0 Å². The number of alkyl halides is 10. The molecule has 0 bridgehead atoms. The summed E-state index contributed by atoms with van der Waals surface area (Å²) in [5.41, 5.74) is 0. The maximum Gasteiger partial charge on any atom is 0.236 e. The number of hydrogen-bond acceptors (Lipinski definition) is 5. The number of halogens is 10. The van der Waals surface area contributed by atoms with Crippen molar-refractivity contribution in [1.29, 1.82) is 0 Å². The Kier molecular flexibility index (Phi) is 7.85. The van der Waals surface area contributed by atoms with E-state index in [0.717, 1.165) is 14.0 Å². The number of hydrogen-bond donors (Lipinski definition) is 0. The van der Waals surface area contributed by atoms with Gasteiger partial charge in [0.2, 0.25) is 23.6 Å². The molecule has 0 aromatic heterocycles. The van der Waals surface area contributed by atoms with Crippen molar-refractivity contribution < 1.29 is 58.7 Å². The fourth-order valence-corrected chi connectivity index (χ4v) is 8.81. The van der Waals surface area contributed by atoms with E-state index in [9.17, 15) is 32.3 Å². The molecule has 4 amide bonds. The Hall–Kier alpha value is -1.71. The predicted molar refractivity (Wildman–Crippen MR) is 125 cm³/mol. The van der Waals surface area contributed by atoms with E-state index in [1.807, 2.05) is 0 Å². The van der Waals surface area contributed by atoms with Gasteiger partial charge >= 0.3 is 0 Å². The maximum atomic E-state index is 15.8. The molecule has 41 heavy (non-hydrogen) atoms. The van der Waals surface area contributed by atoms with Crippen LogP contribution in [0.2, 0.25) is 0 Å². The van der Waals surface area contributed by atoms with Crippen molar-refractivity contribution in [3.05, 3.63) is 0 Å². The van der Waals surface area contributed by atoms with Gasteiger partial charge in [-0.3, -0.25) is 29.0 Å². The zero-order valence-electron chi connectivity index (χ0n) is 21.1. The molecule has 18 unspecified atom stereocenters. The van der Waals surface area contributed by atoms with Crippen molar-refractivity contribution >= 4 is 47.0 Å². The number of carbonyl (C=O) groups excluding carboxylic acids is 4. The first-order valence-electron chi connectivity index (χ1n) is 12.8. The van der Waals surface area contributed by atoms with E-state index in [1.54, 1.807) is 0 Å². The highest BCUT2D eigenvalue weighted by molar-refractivity contribution is 8.00. The van der Waals surface area contributed by atoms with E-state index < -0.39 is 131 Å². The van der Waals surface area contributed by atoms with Gasteiger partial charge in [0, 0.05) is 13.0 Å². The van der Waals surface area contributed by atoms with E-state index in [4.69, 9.17) is 11.6 Å². The Balaban J connectivity index is 1.43. The van der Waals surface area contributed by atoms with Gasteiger partial charge in [-0.1, -0.05) is 6.92 Å². The normalized spacial score (nSPS) is 54.0. The molecule has 230 valence electrons. The summed E-state index contributed by atoms with van der Waals surface area (Å²) in [5.74, 6) is -16.1. The van der Waals surface area contributed by atoms with Crippen LogP contribution in [0.1, 0.15) is 6.92 Å². The van der Waals surface area contributed by atoms with Crippen molar-refractivity contribution in [2.75, 3.05) is 7.05 Å². The highest BCUT2D eigenvalue weighted by Crippen LogP contribution is 2.53. The number of imide groups is 2. The van der Waals surface area contributed by atoms with Gasteiger partial charge in [-0.2, -0.15) is 0 Å². The largest absolute Gasteiger partial charge is 0.285 e. The van der Waals surface area contributed by atoms with Crippen molar-refractivity contribution in [2.45, 2.75) is 84.4 Å². The molecule has 5 aliphatic rings. The summed E-state index contributed by atoms with van der Waals surface area (Å²) in [7, 11) is 0.924. The molecule has 0 radical (unpaired) electrons. The van der Waals surface area contributed by atoms with Gasteiger partial charge in [-0.25, -0.2) is 39.5 Å². The lowest BCUT2D eigenvalue weighted by molar-refractivity contribution is -0.151. The molecule has 0 aromatic rings. The van der Waals surface area contributed by atoms with Gasteiger partial charge < -0.3 is 0 Å². The molecule has 0 spiro atoms. The molecule has 2 saturated heterocycles. The number of rotatable bonds is 3. The predicted octanol–water partition coefficient (Wildman–Crippen LogP) is 2.98. The van der Waals surface area contributed by atoms with Crippen LogP contribution in [0, 0.1) is 29.6 Å². The molecule has 2 heterocycles. The number of likely N-dealkylation sites (tertiary alicyclic amines) is 2. The van der Waals surface area contributed by atoms with Crippen molar-refractivity contribution in [2.24, 2.45) is 29.6 Å². The van der Waals surface area contributed by atoms with E-state index in [0.29, 0.717) is 4.90 Å². The second kappa shape index (κ2) is 10.5. The average molecular weight is 643 g/mol. The van der Waals surface area contributed by atoms with Crippen molar-refractivity contribution in [3.8, 4) is 0 Å². The lowest BCUT2D eigenvalue weighted by atomic mass is 9.76. The minimum atomic E-state index is -3.00. The highest BCUT2D eigenvalue weighted by atomic mass is 35.5. The van der Waals surface area contributed by atoms with E-state index >= 15 is 26.3 Å². The minimum absolute atomic E-state index is 0.0985. The van der Waals surface area contributed by atoms with E-state index in [1.165, 1.54) is 0 Å². The van der Waals surface area contributed by atoms with E-state index in [-0.39, 0.29) is 16.7 Å². The first kappa shape index (κ1) is 30.7. The third-order valence-electron chi connectivity index (χ3n) is 9.16. The summed E-state index contributed by atoms with van der Waals surface area (Å²) in [6, 6.07) is -2.37. The van der Waals surface area contributed by atoms with Crippen molar-refractivity contribution in [1.82, 2.24) is 9.80 Å². The smallest absolute Gasteiger partial charge is 0.236 e. The lowest BCUT2D eigenvalue weighted by Gasteiger charge is -2.42. The number of carbonyl (C=O) groups is 4. The first-order valence-corrected chi connectivity index (χ1v) is 14.2. The molecular weight excluding hydrogens is 619 g/mol. The summed E-state index contributed by atoms with van der Waals surface area (Å²) in [6.07, 6.45) is -24.6. The van der Waals surface area contributed by atoms with Gasteiger partial charge in [0.15, 0.2) is 0 Å². The Morgan fingerprint density at radius 1 is 0.561 bits per heavy atom. The molecule has 17 heteroatoms. The molecular formula is C24H24ClF9N2O4S. The summed E-state index contributed by atoms with van der Waals surface area (Å²) in [5, 5.41) is -6.76. The molecule has 2 aliphatic heterocycles. The van der Waals surface area contributed by atoms with Crippen LogP contribution < -0.4 is 0 Å². The average Bonchev–Trinajstić information content (AvgIpc) is 3.32. The number of fused-ring (bicyclic) bond motifs is 2. The first-order chi connectivity index (χ1) is 19.1. The van der Waals surface area contributed by atoms with Crippen LogP contribution in [-0.4, -0.2) is 118 Å². The number of thioether (sulfide) groups is 1. The highest BCUT2D eigenvalue weighted by Gasteiger charge is 2.69. The number of amides is 4. The Morgan fingerprint density at radius 3 is 1.41 bits per heavy atom. The zero-order valence-corrected chi connectivity index (χ0v) is 22.7. The fourth-order valence-electron chi connectivity index (χ4n) is 6.83. The quantitative estimate of drug-likeness (QED) is 0.269. The monoisotopic (exact) mass is 642 g/mol. The topological polar surface area (TPSA) is 74.8 Å².